The average Bonchev–Trinajstić information content (AvgIpc) is 2.46. The van der Waals surface area contributed by atoms with Crippen LogP contribution in [0.1, 0.15) is 39.5 Å². The monoisotopic (exact) mass is 210 g/mol. The van der Waals surface area contributed by atoms with Gasteiger partial charge in [0.05, 0.1) is 0 Å². The first-order chi connectivity index (χ1) is 7.08. The number of fused-ring (bicyclic) bond motifs is 1. The Kier molecular flexibility index (Phi) is 2.67. The van der Waals surface area contributed by atoms with E-state index in [0.717, 1.165) is 19.3 Å². The summed E-state index contributed by atoms with van der Waals surface area (Å²) < 4.78 is 0. The van der Waals surface area contributed by atoms with Crippen molar-refractivity contribution in [3.05, 3.63) is 0 Å². The van der Waals surface area contributed by atoms with Crippen molar-refractivity contribution in [2.45, 2.75) is 57.7 Å². The summed E-state index contributed by atoms with van der Waals surface area (Å²) in [6.45, 7) is 3.63. The Morgan fingerprint density at radius 1 is 1.53 bits per heavy atom. The molecule has 84 valence electrons. The molecule has 0 aromatic rings. The molecule has 0 unspecified atom stereocenters. The Morgan fingerprint density at radius 3 is 2.93 bits per heavy atom. The van der Waals surface area contributed by atoms with E-state index in [2.05, 4.69) is 5.32 Å². The molecule has 2 saturated heterocycles. The number of carbonyl (C=O) groups excluding carboxylic acids is 2. The molecule has 0 aromatic heterocycles. The van der Waals surface area contributed by atoms with Crippen molar-refractivity contribution >= 4 is 11.8 Å². The van der Waals surface area contributed by atoms with E-state index in [1.807, 2.05) is 11.8 Å². The molecular weight excluding hydrogens is 192 g/mol. The van der Waals surface area contributed by atoms with Crippen LogP contribution in [0.25, 0.3) is 0 Å². The molecule has 3 atom stereocenters. The molecule has 0 saturated carbocycles. The molecule has 2 fully saturated rings. The van der Waals surface area contributed by atoms with Gasteiger partial charge in [-0.25, -0.2) is 4.79 Å². The number of hydrogen-bond donors (Lipinski definition) is 1. The molecule has 0 radical (unpaired) electrons. The SMILES string of the molecule is CC(=O)C[C@@H]1CC[C@@H]2C[C@H](C)NC(=O)N21. The third-order valence-electron chi connectivity index (χ3n) is 3.37. The van der Waals surface area contributed by atoms with Gasteiger partial charge >= 0.3 is 6.03 Å². The normalized spacial score (nSPS) is 34.9. The third kappa shape index (κ3) is 1.98. The molecule has 15 heavy (non-hydrogen) atoms. The Hall–Kier alpha value is -1.06. The van der Waals surface area contributed by atoms with Crippen molar-refractivity contribution < 1.29 is 9.59 Å². The predicted octanol–water partition coefficient (Wildman–Crippen LogP) is 1.30. The first kappa shape index (κ1) is 10.5. The summed E-state index contributed by atoms with van der Waals surface area (Å²) in [5, 5.41) is 2.93. The summed E-state index contributed by atoms with van der Waals surface area (Å²) in [6, 6.07) is 0.787. The Labute approximate surface area is 90.0 Å². The molecule has 0 aliphatic carbocycles. The van der Waals surface area contributed by atoms with Crippen molar-refractivity contribution in [3.8, 4) is 0 Å². The van der Waals surface area contributed by atoms with E-state index in [0.29, 0.717) is 12.5 Å². The lowest BCUT2D eigenvalue weighted by atomic mass is 10.0. The lowest BCUT2D eigenvalue weighted by Gasteiger charge is -2.37. The highest BCUT2D eigenvalue weighted by Gasteiger charge is 2.41. The maximum Gasteiger partial charge on any atom is 0.318 e. The summed E-state index contributed by atoms with van der Waals surface area (Å²) in [6.07, 6.45) is 3.55. The molecule has 0 bridgehead atoms. The zero-order valence-corrected chi connectivity index (χ0v) is 9.32. The zero-order valence-electron chi connectivity index (χ0n) is 9.32. The predicted molar refractivity (Wildman–Crippen MR) is 56.6 cm³/mol. The number of nitrogens with one attached hydrogen (secondary N) is 1. The highest BCUT2D eigenvalue weighted by atomic mass is 16.2. The van der Waals surface area contributed by atoms with Crippen molar-refractivity contribution in [3.63, 3.8) is 0 Å². The molecule has 2 heterocycles. The highest BCUT2D eigenvalue weighted by molar-refractivity contribution is 5.80. The Bertz CT molecular complexity index is 290. The van der Waals surface area contributed by atoms with E-state index in [-0.39, 0.29) is 23.9 Å². The molecule has 2 aliphatic heterocycles. The van der Waals surface area contributed by atoms with Crippen LogP contribution < -0.4 is 5.32 Å². The Morgan fingerprint density at radius 2 is 2.27 bits per heavy atom. The van der Waals surface area contributed by atoms with Crippen molar-refractivity contribution in [2.75, 3.05) is 0 Å². The van der Waals surface area contributed by atoms with Gasteiger partial charge in [-0.1, -0.05) is 0 Å². The molecule has 1 N–H and O–H groups in total. The number of hydrogen-bond acceptors (Lipinski definition) is 2. The van der Waals surface area contributed by atoms with E-state index >= 15 is 0 Å². The van der Waals surface area contributed by atoms with E-state index in [9.17, 15) is 9.59 Å². The van der Waals surface area contributed by atoms with Gasteiger partial charge in [0.1, 0.15) is 5.78 Å². The van der Waals surface area contributed by atoms with Crippen LogP contribution in [0.15, 0.2) is 0 Å². The smallest absolute Gasteiger partial charge is 0.318 e. The van der Waals surface area contributed by atoms with Gasteiger partial charge in [-0.05, 0) is 33.1 Å². The largest absolute Gasteiger partial charge is 0.335 e. The van der Waals surface area contributed by atoms with E-state index < -0.39 is 0 Å². The van der Waals surface area contributed by atoms with E-state index in [1.54, 1.807) is 6.92 Å². The quantitative estimate of drug-likeness (QED) is 0.747. The molecule has 2 rings (SSSR count). The van der Waals surface area contributed by atoms with Crippen LogP contribution in [-0.2, 0) is 4.79 Å². The van der Waals surface area contributed by atoms with Gasteiger partial charge in [0, 0.05) is 24.5 Å². The molecule has 0 spiro atoms. The standard InChI is InChI=1S/C11H18N2O2/c1-7-5-9-3-4-10(6-8(2)14)13(9)11(15)12-7/h7,9-10H,3-6H2,1-2H3,(H,12,15)/t7-,9+,10-/m0/s1. The minimum Gasteiger partial charge on any atom is -0.335 e. The molecule has 4 nitrogen and oxygen atoms in total. The number of amides is 2. The molecular formula is C11H18N2O2. The van der Waals surface area contributed by atoms with Gasteiger partial charge in [0.2, 0.25) is 0 Å². The lowest BCUT2D eigenvalue weighted by Crippen LogP contribution is -2.55. The summed E-state index contributed by atoms with van der Waals surface area (Å²) in [5.74, 6) is 0.173. The molecule has 4 heteroatoms. The third-order valence-corrected chi connectivity index (χ3v) is 3.37. The fourth-order valence-corrected chi connectivity index (χ4v) is 2.81. The number of urea groups is 1. The maximum atomic E-state index is 11.8. The second-order valence-electron chi connectivity index (χ2n) is 4.78. The van der Waals surface area contributed by atoms with Crippen molar-refractivity contribution in [1.29, 1.82) is 0 Å². The van der Waals surface area contributed by atoms with E-state index in [1.165, 1.54) is 0 Å². The molecule has 0 aromatic carbocycles. The van der Waals surface area contributed by atoms with Crippen LogP contribution >= 0.6 is 0 Å². The van der Waals surface area contributed by atoms with Crippen LogP contribution in [0.2, 0.25) is 0 Å². The Balaban J connectivity index is 2.07. The summed E-state index contributed by atoms with van der Waals surface area (Å²) in [4.78, 5) is 24.8. The highest BCUT2D eigenvalue weighted by Crippen LogP contribution is 2.31. The van der Waals surface area contributed by atoms with Gasteiger partial charge in [0.15, 0.2) is 0 Å². The summed E-state index contributed by atoms with van der Waals surface area (Å²) >= 11 is 0. The van der Waals surface area contributed by atoms with Crippen LogP contribution in [-0.4, -0.2) is 34.8 Å². The van der Waals surface area contributed by atoms with Crippen LogP contribution in [0, 0.1) is 0 Å². The summed E-state index contributed by atoms with van der Waals surface area (Å²) in [7, 11) is 0. The number of rotatable bonds is 2. The van der Waals surface area contributed by atoms with Crippen LogP contribution in [0.5, 0.6) is 0 Å². The zero-order chi connectivity index (χ0) is 11.0. The van der Waals surface area contributed by atoms with Crippen LogP contribution in [0.4, 0.5) is 4.79 Å². The van der Waals surface area contributed by atoms with Crippen molar-refractivity contribution in [1.82, 2.24) is 10.2 Å². The van der Waals surface area contributed by atoms with Gasteiger partial charge in [0.25, 0.3) is 0 Å². The second-order valence-corrected chi connectivity index (χ2v) is 4.78. The van der Waals surface area contributed by atoms with Gasteiger partial charge < -0.3 is 10.2 Å². The van der Waals surface area contributed by atoms with E-state index in [4.69, 9.17) is 0 Å². The second kappa shape index (κ2) is 3.83. The minimum absolute atomic E-state index is 0.0162. The maximum absolute atomic E-state index is 11.8. The van der Waals surface area contributed by atoms with Gasteiger partial charge in [-0.15, -0.1) is 0 Å². The number of ketones is 1. The van der Waals surface area contributed by atoms with Gasteiger partial charge in [-0.2, -0.15) is 0 Å². The number of carbonyl (C=O) groups is 2. The lowest BCUT2D eigenvalue weighted by molar-refractivity contribution is -0.117. The first-order valence-corrected chi connectivity index (χ1v) is 5.66. The minimum atomic E-state index is 0.0162. The van der Waals surface area contributed by atoms with Gasteiger partial charge in [-0.3, -0.25) is 4.79 Å². The first-order valence-electron chi connectivity index (χ1n) is 5.66. The van der Waals surface area contributed by atoms with Crippen molar-refractivity contribution in [2.24, 2.45) is 0 Å². The topological polar surface area (TPSA) is 49.4 Å². The molecule has 2 aliphatic rings. The average molecular weight is 210 g/mol. The van der Waals surface area contributed by atoms with Crippen LogP contribution in [0.3, 0.4) is 0 Å². The number of Topliss-reactive ketones (excluding diaryl/α,β-unsaturated/α-hetero) is 1. The fraction of sp³-hybridized carbons (Fsp3) is 0.818. The number of nitrogens with zero attached hydrogens (tertiary/aromatic N) is 1. The fourth-order valence-electron chi connectivity index (χ4n) is 2.81. The summed E-state index contributed by atoms with van der Waals surface area (Å²) in [5.41, 5.74) is 0. The molecule has 2 amide bonds.